The van der Waals surface area contributed by atoms with Crippen LogP contribution in [0.25, 0.3) is 0 Å². The fraction of sp³-hybridized carbons (Fsp3) is 0.556. The molecule has 3 N–H and O–H groups in total. The van der Waals surface area contributed by atoms with Crippen molar-refractivity contribution in [1.82, 2.24) is 9.97 Å². The monoisotopic (exact) mass is 178 g/mol. The number of nitrogens with one attached hydrogen (secondary N) is 1. The molecule has 0 bridgehead atoms. The van der Waals surface area contributed by atoms with Crippen molar-refractivity contribution in [2.45, 2.75) is 31.6 Å². The van der Waals surface area contributed by atoms with E-state index in [1.165, 1.54) is 25.7 Å². The third kappa shape index (κ3) is 1.62. The normalized spacial score (nSPS) is 17.6. The second-order valence-electron chi connectivity index (χ2n) is 3.42. The summed E-state index contributed by atoms with van der Waals surface area (Å²) in [5.41, 5.74) is 3.63. The Balaban J connectivity index is 2.26. The van der Waals surface area contributed by atoms with E-state index in [1.54, 1.807) is 12.4 Å². The Hall–Kier alpha value is -1.16. The van der Waals surface area contributed by atoms with E-state index < -0.39 is 0 Å². The molecular weight excluding hydrogens is 164 g/mol. The minimum atomic E-state index is 0.555. The van der Waals surface area contributed by atoms with Gasteiger partial charge in [-0.2, -0.15) is 0 Å². The van der Waals surface area contributed by atoms with E-state index in [4.69, 9.17) is 5.84 Å². The standard InChI is InChI=1S/C9H14N4/c10-13-9-8(11-5-6-12-9)7-3-1-2-4-7/h5-7H,1-4,10H2,(H,12,13). The van der Waals surface area contributed by atoms with Gasteiger partial charge in [-0.1, -0.05) is 12.8 Å². The molecule has 4 nitrogen and oxygen atoms in total. The van der Waals surface area contributed by atoms with Crippen molar-refractivity contribution in [3.63, 3.8) is 0 Å². The van der Waals surface area contributed by atoms with Crippen LogP contribution < -0.4 is 11.3 Å². The van der Waals surface area contributed by atoms with Crippen LogP contribution in [0.2, 0.25) is 0 Å². The zero-order valence-corrected chi connectivity index (χ0v) is 7.53. The fourth-order valence-electron chi connectivity index (χ4n) is 1.96. The van der Waals surface area contributed by atoms with Gasteiger partial charge >= 0.3 is 0 Å². The second-order valence-corrected chi connectivity index (χ2v) is 3.42. The van der Waals surface area contributed by atoms with E-state index in [0.717, 1.165) is 11.5 Å². The molecular formula is C9H14N4. The molecule has 2 rings (SSSR count). The Bertz CT molecular complexity index is 281. The number of nitrogen functional groups attached to an aromatic ring is 1. The predicted octanol–water partition coefficient (Wildman–Crippen LogP) is 1.42. The predicted molar refractivity (Wildman–Crippen MR) is 51.1 cm³/mol. The molecule has 1 aromatic heterocycles. The van der Waals surface area contributed by atoms with E-state index in [-0.39, 0.29) is 0 Å². The molecule has 1 fully saturated rings. The summed E-state index contributed by atoms with van der Waals surface area (Å²) in [5, 5.41) is 0. The van der Waals surface area contributed by atoms with Gasteiger partial charge in [-0.05, 0) is 12.8 Å². The molecule has 0 amide bonds. The van der Waals surface area contributed by atoms with Crippen molar-refractivity contribution in [3.8, 4) is 0 Å². The highest BCUT2D eigenvalue weighted by atomic mass is 15.3. The summed E-state index contributed by atoms with van der Waals surface area (Å²) in [7, 11) is 0. The van der Waals surface area contributed by atoms with Crippen molar-refractivity contribution in [1.29, 1.82) is 0 Å². The zero-order chi connectivity index (χ0) is 9.10. The van der Waals surface area contributed by atoms with Gasteiger partial charge in [0.2, 0.25) is 0 Å². The van der Waals surface area contributed by atoms with Gasteiger partial charge in [-0.25, -0.2) is 10.8 Å². The van der Waals surface area contributed by atoms with Crippen molar-refractivity contribution >= 4 is 5.82 Å². The van der Waals surface area contributed by atoms with Gasteiger partial charge in [0.25, 0.3) is 0 Å². The minimum Gasteiger partial charge on any atom is -0.307 e. The summed E-state index contributed by atoms with van der Waals surface area (Å²) >= 11 is 0. The van der Waals surface area contributed by atoms with E-state index in [0.29, 0.717) is 5.92 Å². The van der Waals surface area contributed by atoms with Gasteiger partial charge in [-0.3, -0.25) is 4.98 Å². The molecule has 0 saturated heterocycles. The first kappa shape index (κ1) is 8.44. The van der Waals surface area contributed by atoms with Crippen LogP contribution in [-0.4, -0.2) is 9.97 Å². The van der Waals surface area contributed by atoms with Crippen LogP contribution in [-0.2, 0) is 0 Å². The number of anilines is 1. The number of hydrazine groups is 1. The van der Waals surface area contributed by atoms with Crippen LogP contribution >= 0.6 is 0 Å². The molecule has 1 aromatic rings. The van der Waals surface area contributed by atoms with Gasteiger partial charge in [0.1, 0.15) is 0 Å². The Kier molecular flexibility index (Phi) is 2.40. The van der Waals surface area contributed by atoms with Crippen molar-refractivity contribution in [2.24, 2.45) is 5.84 Å². The topological polar surface area (TPSA) is 63.8 Å². The van der Waals surface area contributed by atoms with Crippen molar-refractivity contribution in [3.05, 3.63) is 18.1 Å². The van der Waals surface area contributed by atoms with Crippen LogP contribution in [0.4, 0.5) is 5.82 Å². The molecule has 0 radical (unpaired) electrons. The average Bonchev–Trinajstić information content (AvgIpc) is 2.70. The highest BCUT2D eigenvalue weighted by Gasteiger charge is 2.21. The number of rotatable bonds is 2. The van der Waals surface area contributed by atoms with Gasteiger partial charge in [0.05, 0.1) is 5.69 Å². The smallest absolute Gasteiger partial charge is 0.162 e. The lowest BCUT2D eigenvalue weighted by atomic mass is 10.0. The lowest BCUT2D eigenvalue weighted by Crippen LogP contribution is -2.13. The molecule has 1 saturated carbocycles. The first-order chi connectivity index (χ1) is 6.42. The number of aromatic nitrogens is 2. The Labute approximate surface area is 77.5 Å². The molecule has 1 aliphatic rings. The van der Waals surface area contributed by atoms with E-state index in [2.05, 4.69) is 15.4 Å². The minimum absolute atomic E-state index is 0.555. The second kappa shape index (κ2) is 3.70. The fourth-order valence-corrected chi connectivity index (χ4v) is 1.96. The molecule has 13 heavy (non-hydrogen) atoms. The van der Waals surface area contributed by atoms with E-state index >= 15 is 0 Å². The molecule has 0 spiro atoms. The molecule has 70 valence electrons. The van der Waals surface area contributed by atoms with Crippen LogP contribution in [0.1, 0.15) is 37.3 Å². The highest BCUT2D eigenvalue weighted by Crippen LogP contribution is 2.35. The summed E-state index contributed by atoms with van der Waals surface area (Å²) < 4.78 is 0. The molecule has 0 aliphatic heterocycles. The Morgan fingerprint density at radius 1 is 1.23 bits per heavy atom. The molecule has 1 heterocycles. The zero-order valence-electron chi connectivity index (χ0n) is 7.53. The lowest BCUT2D eigenvalue weighted by Gasteiger charge is -2.11. The summed E-state index contributed by atoms with van der Waals surface area (Å²) in [6, 6.07) is 0. The number of nitrogens with two attached hydrogens (primary N) is 1. The summed E-state index contributed by atoms with van der Waals surface area (Å²) in [6.07, 6.45) is 8.42. The van der Waals surface area contributed by atoms with Crippen LogP contribution in [0.3, 0.4) is 0 Å². The van der Waals surface area contributed by atoms with Gasteiger partial charge < -0.3 is 5.43 Å². The molecule has 0 aromatic carbocycles. The SMILES string of the molecule is NNc1nccnc1C1CCCC1. The molecule has 0 unspecified atom stereocenters. The first-order valence-electron chi connectivity index (χ1n) is 4.69. The van der Waals surface area contributed by atoms with Gasteiger partial charge in [-0.15, -0.1) is 0 Å². The maximum Gasteiger partial charge on any atom is 0.162 e. The lowest BCUT2D eigenvalue weighted by molar-refractivity contribution is 0.694. The number of hydrogen-bond donors (Lipinski definition) is 2. The maximum absolute atomic E-state index is 5.37. The van der Waals surface area contributed by atoms with Crippen molar-refractivity contribution < 1.29 is 0 Å². The van der Waals surface area contributed by atoms with Crippen LogP contribution in [0.15, 0.2) is 12.4 Å². The highest BCUT2D eigenvalue weighted by molar-refractivity contribution is 5.40. The van der Waals surface area contributed by atoms with Gasteiger partial charge in [0.15, 0.2) is 5.82 Å². The van der Waals surface area contributed by atoms with Crippen LogP contribution in [0, 0.1) is 0 Å². The molecule has 0 atom stereocenters. The average molecular weight is 178 g/mol. The largest absolute Gasteiger partial charge is 0.307 e. The molecule has 1 aliphatic carbocycles. The maximum atomic E-state index is 5.37. The Morgan fingerprint density at radius 3 is 2.62 bits per heavy atom. The summed E-state index contributed by atoms with van der Waals surface area (Å²) in [4.78, 5) is 8.47. The van der Waals surface area contributed by atoms with E-state index in [1.807, 2.05) is 0 Å². The van der Waals surface area contributed by atoms with Gasteiger partial charge in [0, 0.05) is 18.3 Å². The Morgan fingerprint density at radius 2 is 1.92 bits per heavy atom. The van der Waals surface area contributed by atoms with Crippen LogP contribution in [0.5, 0.6) is 0 Å². The number of hydrogen-bond acceptors (Lipinski definition) is 4. The number of nitrogens with zero attached hydrogens (tertiary/aromatic N) is 2. The first-order valence-corrected chi connectivity index (χ1v) is 4.69. The third-order valence-electron chi connectivity index (χ3n) is 2.61. The third-order valence-corrected chi connectivity index (χ3v) is 2.61. The molecule has 4 heteroatoms. The summed E-state index contributed by atoms with van der Waals surface area (Å²) in [6.45, 7) is 0. The van der Waals surface area contributed by atoms with Crippen molar-refractivity contribution in [2.75, 3.05) is 5.43 Å². The quantitative estimate of drug-likeness (QED) is 0.531. The summed E-state index contributed by atoms with van der Waals surface area (Å²) in [5.74, 6) is 6.65. The van der Waals surface area contributed by atoms with E-state index in [9.17, 15) is 0 Å².